The van der Waals surface area contributed by atoms with Crippen LogP contribution in [0.5, 0.6) is 5.75 Å². The van der Waals surface area contributed by atoms with Crippen LogP contribution >= 0.6 is 0 Å². The van der Waals surface area contributed by atoms with Gasteiger partial charge in [0, 0.05) is 24.8 Å². The number of nitrogens with zero attached hydrogens (tertiary/aromatic N) is 3. The van der Waals surface area contributed by atoms with Gasteiger partial charge in [-0.05, 0) is 54.7 Å². The Labute approximate surface area is 197 Å². The molecule has 2 aliphatic rings. The van der Waals surface area contributed by atoms with E-state index in [-0.39, 0.29) is 36.2 Å². The highest BCUT2D eigenvalue weighted by Gasteiger charge is 2.32. The molecule has 1 unspecified atom stereocenters. The molecule has 2 aromatic heterocycles. The summed E-state index contributed by atoms with van der Waals surface area (Å²) in [4.78, 5) is 38.2. The van der Waals surface area contributed by atoms with Crippen molar-refractivity contribution in [3.8, 4) is 5.75 Å². The Morgan fingerprint density at radius 2 is 1.89 bits per heavy atom. The molecule has 12 heteroatoms. The maximum absolute atomic E-state index is 12.8. The van der Waals surface area contributed by atoms with Gasteiger partial charge < -0.3 is 24.7 Å². The molecule has 2 N–H and O–H groups in total. The predicted octanol–water partition coefficient (Wildman–Crippen LogP) is 3.06. The highest BCUT2D eigenvalue weighted by atomic mass is 19.4. The molecule has 0 saturated carbocycles. The van der Waals surface area contributed by atoms with Crippen LogP contribution in [0.3, 0.4) is 0 Å². The fourth-order valence-electron chi connectivity index (χ4n) is 4.47. The maximum Gasteiger partial charge on any atom is 0.573 e. The first-order valence-corrected chi connectivity index (χ1v) is 11.1. The lowest BCUT2D eigenvalue weighted by molar-refractivity contribution is -0.274. The summed E-state index contributed by atoms with van der Waals surface area (Å²) in [5, 5.41) is 2.76. The third-order valence-electron chi connectivity index (χ3n) is 6.20. The molecule has 9 nitrogen and oxygen atoms in total. The third kappa shape index (κ3) is 5.06. The SMILES string of the molecule is O=C1COC(c2nc3c(C4CCN(C(=O)c5ccc(OC(F)(F)F)cc5)CC4)ccnc3[nH]2)CN1. The van der Waals surface area contributed by atoms with E-state index in [1.54, 1.807) is 11.1 Å². The molecule has 2 fully saturated rings. The van der Waals surface area contributed by atoms with E-state index in [4.69, 9.17) is 9.72 Å². The zero-order valence-electron chi connectivity index (χ0n) is 18.5. The number of morpholine rings is 1. The van der Waals surface area contributed by atoms with E-state index in [0.717, 1.165) is 23.2 Å². The minimum Gasteiger partial charge on any atom is -0.406 e. The molecule has 1 atom stereocenters. The Hall–Kier alpha value is -3.67. The number of H-pyrrole nitrogens is 1. The summed E-state index contributed by atoms with van der Waals surface area (Å²) in [6.45, 7) is 1.32. The van der Waals surface area contributed by atoms with Crippen LogP contribution in [0.1, 0.15) is 46.6 Å². The monoisotopic (exact) mass is 489 g/mol. The third-order valence-corrected chi connectivity index (χ3v) is 6.20. The van der Waals surface area contributed by atoms with Crippen molar-refractivity contribution in [3.05, 3.63) is 53.5 Å². The number of amides is 2. The largest absolute Gasteiger partial charge is 0.573 e. The number of alkyl halides is 3. The summed E-state index contributed by atoms with van der Waals surface area (Å²) in [5.41, 5.74) is 2.71. The molecule has 35 heavy (non-hydrogen) atoms. The normalized spacial score (nSPS) is 19.6. The second-order valence-corrected chi connectivity index (χ2v) is 8.46. The van der Waals surface area contributed by atoms with Crippen LogP contribution in [-0.4, -0.2) is 64.3 Å². The standard InChI is InChI=1S/C23H22F3N5O4/c24-23(25,26)35-15-3-1-14(2-4-15)22(33)31-9-6-13(7-10-31)16-5-8-27-21-19(16)29-20(30-21)17-11-28-18(32)12-34-17/h1-5,8,13,17H,6-7,9-12H2,(H,28,32)(H,27,29,30). The van der Waals surface area contributed by atoms with Crippen LogP contribution in [0.15, 0.2) is 36.5 Å². The quantitative estimate of drug-likeness (QED) is 0.583. The number of hydrogen-bond acceptors (Lipinski definition) is 6. The Bertz CT molecular complexity index is 1230. The molecule has 0 bridgehead atoms. The van der Waals surface area contributed by atoms with Crippen LogP contribution < -0.4 is 10.1 Å². The van der Waals surface area contributed by atoms with Gasteiger partial charge in [0.2, 0.25) is 5.91 Å². The lowest BCUT2D eigenvalue weighted by atomic mass is 9.89. The van der Waals surface area contributed by atoms with Gasteiger partial charge in [-0.25, -0.2) is 9.97 Å². The molecule has 5 rings (SSSR count). The predicted molar refractivity (Wildman–Crippen MR) is 117 cm³/mol. The fraction of sp³-hybridized carbons (Fsp3) is 0.391. The fourth-order valence-corrected chi connectivity index (χ4v) is 4.47. The molecule has 184 valence electrons. The van der Waals surface area contributed by atoms with Crippen molar-refractivity contribution in [2.75, 3.05) is 26.2 Å². The number of nitrogens with one attached hydrogen (secondary N) is 2. The first kappa shape index (κ1) is 23.1. The molecule has 0 radical (unpaired) electrons. The van der Waals surface area contributed by atoms with Crippen molar-refractivity contribution < 1.29 is 32.2 Å². The number of halogens is 3. The summed E-state index contributed by atoms with van der Waals surface area (Å²) in [6.07, 6.45) is -2.02. The van der Waals surface area contributed by atoms with Gasteiger partial charge in [-0.3, -0.25) is 9.59 Å². The second-order valence-electron chi connectivity index (χ2n) is 8.46. The number of fused-ring (bicyclic) bond motifs is 1. The lowest BCUT2D eigenvalue weighted by Gasteiger charge is -2.32. The highest BCUT2D eigenvalue weighted by Crippen LogP contribution is 2.33. The average Bonchev–Trinajstić information content (AvgIpc) is 3.28. The molecule has 2 aliphatic heterocycles. The topological polar surface area (TPSA) is 109 Å². The average molecular weight is 489 g/mol. The minimum absolute atomic E-state index is 0.0213. The number of ether oxygens (including phenoxy) is 2. The Kier molecular flexibility index (Phi) is 6.05. The number of imidazole rings is 1. The lowest BCUT2D eigenvalue weighted by Crippen LogP contribution is -2.39. The molecule has 3 aromatic rings. The van der Waals surface area contributed by atoms with Gasteiger partial charge in [-0.1, -0.05) is 0 Å². The van der Waals surface area contributed by atoms with Crippen molar-refractivity contribution >= 4 is 23.0 Å². The van der Waals surface area contributed by atoms with Gasteiger partial charge in [0.15, 0.2) is 5.65 Å². The van der Waals surface area contributed by atoms with Crippen molar-refractivity contribution in [3.63, 3.8) is 0 Å². The van der Waals surface area contributed by atoms with Crippen LogP contribution in [0, 0.1) is 0 Å². The number of likely N-dealkylation sites (tertiary alicyclic amines) is 1. The van der Waals surface area contributed by atoms with Crippen LogP contribution in [-0.2, 0) is 9.53 Å². The molecule has 2 amide bonds. The number of hydrogen-bond donors (Lipinski definition) is 2. The number of carbonyl (C=O) groups excluding carboxylic acids is 2. The van der Waals surface area contributed by atoms with E-state index in [2.05, 4.69) is 20.0 Å². The van der Waals surface area contributed by atoms with Crippen molar-refractivity contribution in [2.24, 2.45) is 0 Å². The zero-order valence-corrected chi connectivity index (χ0v) is 18.5. The zero-order chi connectivity index (χ0) is 24.6. The van der Waals surface area contributed by atoms with Crippen LogP contribution in [0.2, 0.25) is 0 Å². The van der Waals surface area contributed by atoms with E-state index in [0.29, 0.717) is 49.5 Å². The van der Waals surface area contributed by atoms with E-state index in [1.165, 1.54) is 12.1 Å². The Balaban J connectivity index is 1.25. The van der Waals surface area contributed by atoms with Crippen LogP contribution in [0.4, 0.5) is 13.2 Å². The highest BCUT2D eigenvalue weighted by molar-refractivity contribution is 5.94. The van der Waals surface area contributed by atoms with Crippen molar-refractivity contribution in [1.29, 1.82) is 0 Å². The van der Waals surface area contributed by atoms with Crippen molar-refractivity contribution in [1.82, 2.24) is 25.2 Å². The molecular formula is C23H22F3N5O4. The number of aromatic amines is 1. The molecule has 0 aliphatic carbocycles. The van der Waals surface area contributed by atoms with Gasteiger partial charge in [0.25, 0.3) is 5.91 Å². The summed E-state index contributed by atoms with van der Waals surface area (Å²) in [6, 6.07) is 6.87. The molecule has 1 aromatic carbocycles. The Morgan fingerprint density at radius 1 is 1.14 bits per heavy atom. The molecular weight excluding hydrogens is 467 g/mol. The number of piperidine rings is 1. The molecule has 0 spiro atoms. The minimum atomic E-state index is -4.78. The summed E-state index contributed by atoms with van der Waals surface area (Å²) < 4.78 is 46.5. The van der Waals surface area contributed by atoms with Gasteiger partial charge >= 0.3 is 6.36 Å². The van der Waals surface area contributed by atoms with Gasteiger partial charge in [-0.2, -0.15) is 0 Å². The number of pyridine rings is 1. The van der Waals surface area contributed by atoms with E-state index in [9.17, 15) is 22.8 Å². The molecule has 2 saturated heterocycles. The maximum atomic E-state index is 12.8. The smallest absolute Gasteiger partial charge is 0.406 e. The number of aromatic nitrogens is 3. The summed E-state index contributed by atoms with van der Waals surface area (Å²) in [5.74, 6) is -0.00177. The number of rotatable bonds is 4. The van der Waals surface area contributed by atoms with E-state index >= 15 is 0 Å². The van der Waals surface area contributed by atoms with Gasteiger partial charge in [-0.15, -0.1) is 13.2 Å². The molecule has 4 heterocycles. The Morgan fingerprint density at radius 3 is 2.54 bits per heavy atom. The van der Waals surface area contributed by atoms with Gasteiger partial charge in [0.1, 0.15) is 29.8 Å². The first-order valence-electron chi connectivity index (χ1n) is 11.1. The summed E-state index contributed by atoms with van der Waals surface area (Å²) >= 11 is 0. The number of benzene rings is 1. The van der Waals surface area contributed by atoms with Crippen LogP contribution in [0.25, 0.3) is 11.2 Å². The van der Waals surface area contributed by atoms with E-state index in [1.807, 2.05) is 6.07 Å². The second kappa shape index (κ2) is 9.17. The summed E-state index contributed by atoms with van der Waals surface area (Å²) in [7, 11) is 0. The number of carbonyl (C=O) groups is 2. The first-order chi connectivity index (χ1) is 16.8. The van der Waals surface area contributed by atoms with Gasteiger partial charge in [0.05, 0.1) is 6.54 Å². The van der Waals surface area contributed by atoms with E-state index < -0.39 is 6.36 Å². The van der Waals surface area contributed by atoms with Crippen molar-refractivity contribution in [2.45, 2.75) is 31.2 Å².